The Balaban J connectivity index is 0.000000560. The number of esters is 4. The third-order valence-corrected chi connectivity index (χ3v) is 6.64. The number of amides is 4. The zero-order valence-corrected chi connectivity index (χ0v) is 31.5. The maximum absolute atomic E-state index is 11.6. The van der Waals surface area contributed by atoms with Crippen molar-refractivity contribution >= 4 is 47.5 Å². The van der Waals surface area contributed by atoms with Gasteiger partial charge in [-0.1, -0.05) is 0 Å². The lowest BCUT2D eigenvalue weighted by molar-refractivity contribution is -0.170. The first-order chi connectivity index (χ1) is 27.2. The molecule has 0 unspecified atom stereocenters. The Kier molecular flexibility index (Phi) is 30.8. The lowest BCUT2D eigenvalue weighted by atomic mass is 10.4. The normalized spacial score (nSPS) is 21.4. The fraction of sp³-hybridized carbons (Fsp3) is 0.750. The summed E-state index contributed by atoms with van der Waals surface area (Å²) < 4.78 is 39.2. The molecule has 2 rings (SSSR count). The van der Waals surface area contributed by atoms with E-state index in [1.807, 2.05) is 0 Å². The zero-order valence-electron chi connectivity index (χ0n) is 31.5. The van der Waals surface area contributed by atoms with Gasteiger partial charge in [-0.25, -0.2) is 19.2 Å². The van der Waals surface area contributed by atoms with Gasteiger partial charge in [0.25, 0.3) is 0 Å². The molecule has 8 N–H and O–H groups in total. The van der Waals surface area contributed by atoms with Crippen molar-refractivity contribution in [3.05, 3.63) is 0 Å². The molecule has 0 spiro atoms. The second-order valence-electron chi connectivity index (χ2n) is 11.0. The first-order valence-corrected chi connectivity index (χ1v) is 18.2. The largest absolute Gasteiger partial charge is 0.455 e. The van der Waals surface area contributed by atoms with Crippen LogP contribution in [-0.4, -0.2) is 205 Å². The Labute approximate surface area is 324 Å². The van der Waals surface area contributed by atoms with Gasteiger partial charge in [-0.05, 0) is 0 Å². The molecule has 2 heterocycles. The molecule has 0 atom stereocenters. The van der Waals surface area contributed by atoms with Gasteiger partial charge in [-0.2, -0.15) is 0 Å². The molecule has 24 nitrogen and oxygen atoms in total. The SMILES string of the molecule is O=C1NCCNCCNCCNC(=O)C(=O)NCCNCCNCCNC1=O.O=C1OCCOCCOCCOC(=O)C(=O)OCCOCCOCCOC1=O. The first kappa shape index (κ1) is 49.5. The predicted molar refractivity (Wildman–Crippen MR) is 191 cm³/mol. The lowest BCUT2D eigenvalue weighted by Crippen LogP contribution is -2.45. The molecular weight excluding hydrogens is 752 g/mol. The van der Waals surface area contributed by atoms with Crippen molar-refractivity contribution < 1.29 is 76.3 Å². The predicted octanol–water partition coefficient (Wildman–Crippen LogP) is -6.94. The summed E-state index contributed by atoms with van der Waals surface area (Å²) in [6.07, 6.45) is 0. The van der Waals surface area contributed by atoms with Crippen LogP contribution >= 0.6 is 0 Å². The van der Waals surface area contributed by atoms with E-state index in [1.165, 1.54) is 0 Å². The third-order valence-electron chi connectivity index (χ3n) is 6.64. The van der Waals surface area contributed by atoms with Gasteiger partial charge in [0.05, 0.1) is 52.9 Å². The Morgan fingerprint density at radius 1 is 0.250 bits per heavy atom. The summed E-state index contributed by atoms with van der Waals surface area (Å²) in [5.74, 6) is -7.05. The Bertz CT molecular complexity index is 918. The van der Waals surface area contributed by atoms with E-state index < -0.39 is 47.5 Å². The maximum Gasteiger partial charge on any atom is 0.417 e. The summed E-state index contributed by atoms with van der Waals surface area (Å²) in [7, 11) is 0. The highest BCUT2D eigenvalue weighted by Crippen LogP contribution is 1.91. The van der Waals surface area contributed by atoms with E-state index in [2.05, 4.69) is 61.5 Å². The van der Waals surface area contributed by atoms with Gasteiger partial charge in [-0.15, -0.1) is 0 Å². The number of hydrogen-bond acceptors (Lipinski definition) is 20. The smallest absolute Gasteiger partial charge is 0.417 e. The van der Waals surface area contributed by atoms with E-state index in [4.69, 9.17) is 18.9 Å². The number of cyclic esters (lactones) is 4. The molecule has 0 aromatic rings. The van der Waals surface area contributed by atoms with E-state index in [0.29, 0.717) is 78.5 Å². The van der Waals surface area contributed by atoms with Crippen LogP contribution in [0.3, 0.4) is 0 Å². The highest BCUT2D eigenvalue weighted by Gasteiger charge is 2.18. The van der Waals surface area contributed by atoms with Crippen molar-refractivity contribution in [1.82, 2.24) is 42.5 Å². The van der Waals surface area contributed by atoms with Crippen LogP contribution in [0.5, 0.6) is 0 Å². The average Bonchev–Trinajstić information content (AvgIpc) is 3.19. The van der Waals surface area contributed by atoms with E-state index in [0.717, 1.165) is 0 Å². The van der Waals surface area contributed by atoms with E-state index in [1.54, 1.807) is 0 Å². The van der Waals surface area contributed by atoms with Crippen LogP contribution < -0.4 is 42.5 Å². The van der Waals surface area contributed by atoms with Gasteiger partial charge in [0.1, 0.15) is 26.4 Å². The van der Waals surface area contributed by atoms with Crippen LogP contribution in [0.15, 0.2) is 0 Å². The van der Waals surface area contributed by atoms with Gasteiger partial charge < -0.3 is 80.4 Å². The van der Waals surface area contributed by atoms with E-state index >= 15 is 0 Å². The summed E-state index contributed by atoms with van der Waals surface area (Å²) >= 11 is 0. The first-order valence-electron chi connectivity index (χ1n) is 18.2. The van der Waals surface area contributed by atoms with Crippen LogP contribution in [0.4, 0.5) is 0 Å². The molecule has 2 fully saturated rings. The standard InChI is InChI=1S/C16H32N8O4.C16H24O12/c25-13-14(26)23-11-7-19-3-4-20-8-12-24-16(28)15(27)22-10-6-18-2-1-17-5-9-21-13;17-13-14(18)27-11-7-23-3-4-24-8-12-28-16(20)15(19)26-10-6-22-2-1-21-5-9-25-13/h17-20H,1-12H2,(H,21,25)(H,22,27)(H,23,26)(H,24,28);1-12H2. The summed E-state index contributed by atoms with van der Waals surface area (Å²) in [6, 6.07) is 0. The minimum absolute atomic E-state index is 0.0618. The molecule has 0 aromatic carbocycles. The Hall–Kier alpha value is -4.56. The van der Waals surface area contributed by atoms with E-state index in [9.17, 15) is 38.4 Å². The van der Waals surface area contributed by atoms with Crippen LogP contribution in [0.2, 0.25) is 0 Å². The number of ether oxygens (including phenoxy) is 8. The number of nitrogens with one attached hydrogen (secondary N) is 8. The van der Waals surface area contributed by atoms with Crippen molar-refractivity contribution in [2.24, 2.45) is 0 Å². The monoisotopic (exact) mass is 808 g/mol. The molecule has 0 radical (unpaired) electrons. The number of carbonyl (C=O) groups is 8. The van der Waals surface area contributed by atoms with Crippen molar-refractivity contribution in [3.8, 4) is 0 Å². The quantitative estimate of drug-likeness (QED) is 0.0641. The highest BCUT2D eigenvalue weighted by atomic mass is 16.6. The minimum Gasteiger partial charge on any atom is -0.455 e. The molecule has 0 aromatic heterocycles. The molecule has 24 heteroatoms. The molecule has 320 valence electrons. The van der Waals surface area contributed by atoms with E-state index in [-0.39, 0.29) is 79.3 Å². The Morgan fingerprint density at radius 3 is 0.643 bits per heavy atom. The van der Waals surface area contributed by atoms with Gasteiger partial charge in [0, 0.05) is 78.5 Å². The van der Waals surface area contributed by atoms with Gasteiger partial charge in [0.15, 0.2) is 0 Å². The molecule has 4 amide bonds. The second-order valence-corrected chi connectivity index (χ2v) is 11.0. The van der Waals surface area contributed by atoms with Gasteiger partial charge >= 0.3 is 47.5 Å². The summed E-state index contributed by atoms with van der Waals surface area (Å²) in [6.45, 7) is 6.69. The van der Waals surface area contributed by atoms with Gasteiger partial charge in [0.2, 0.25) is 0 Å². The summed E-state index contributed by atoms with van der Waals surface area (Å²) in [4.78, 5) is 91.9. The number of rotatable bonds is 0. The molecule has 2 aliphatic heterocycles. The Morgan fingerprint density at radius 2 is 0.429 bits per heavy atom. The minimum atomic E-state index is -1.12. The molecule has 0 aliphatic carbocycles. The van der Waals surface area contributed by atoms with Crippen molar-refractivity contribution in [3.63, 3.8) is 0 Å². The third kappa shape index (κ3) is 28.8. The molecule has 56 heavy (non-hydrogen) atoms. The van der Waals surface area contributed by atoms with Crippen LogP contribution in [-0.2, 0) is 76.3 Å². The fourth-order valence-electron chi connectivity index (χ4n) is 3.89. The van der Waals surface area contributed by atoms with Crippen LogP contribution in [0.25, 0.3) is 0 Å². The summed E-state index contributed by atoms with van der Waals surface area (Å²) in [5.41, 5.74) is 0. The topological polar surface area (TPSA) is 307 Å². The lowest BCUT2D eigenvalue weighted by Gasteiger charge is -2.10. The summed E-state index contributed by atoms with van der Waals surface area (Å²) in [5, 5.41) is 22.6. The number of carbonyl (C=O) groups excluding carboxylic acids is 8. The number of hydrogen-bond donors (Lipinski definition) is 8. The molecule has 2 aliphatic rings. The second kappa shape index (κ2) is 34.9. The van der Waals surface area contributed by atoms with Crippen molar-refractivity contribution in [1.29, 1.82) is 0 Å². The fourth-order valence-corrected chi connectivity index (χ4v) is 3.89. The zero-order chi connectivity index (χ0) is 40.9. The average molecular weight is 809 g/mol. The maximum atomic E-state index is 11.6. The van der Waals surface area contributed by atoms with Gasteiger partial charge in [-0.3, -0.25) is 19.2 Å². The molecular formula is C32H56N8O16. The van der Waals surface area contributed by atoms with Crippen LogP contribution in [0.1, 0.15) is 0 Å². The van der Waals surface area contributed by atoms with Crippen LogP contribution in [0, 0.1) is 0 Å². The highest BCUT2D eigenvalue weighted by molar-refractivity contribution is 6.35. The molecule has 0 saturated carbocycles. The van der Waals surface area contributed by atoms with Crippen molar-refractivity contribution in [2.45, 2.75) is 0 Å². The van der Waals surface area contributed by atoms with Crippen molar-refractivity contribution in [2.75, 3.05) is 158 Å². The molecule has 0 bridgehead atoms. The molecule has 2 saturated heterocycles.